The zero-order valence-corrected chi connectivity index (χ0v) is 19.1. The van der Waals surface area contributed by atoms with E-state index < -0.39 is 11.0 Å². The lowest BCUT2D eigenvalue weighted by Gasteiger charge is -2.58. The van der Waals surface area contributed by atoms with Crippen LogP contribution in [0.2, 0.25) is 0 Å². The summed E-state index contributed by atoms with van der Waals surface area (Å²) in [7, 11) is 0. The fraction of sp³-hybridized carbons (Fsp3) is 0.818. The van der Waals surface area contributed by atoms with E-state index in [0.29, 0.717) is 28.5 Å². The van der Waals surface area contributed by atoms with Crippen molar-refractivity contribution in [2.24, 2.45) is 23.2 Å². The number of rotatable bonds is 8. The Kier molecular flexibility index (Phi) is 5.87. The van der Waals surface area contributed by atoms with Crippen LogP contribution < -0.4 is 10.1 Å². The summed E-state index contributed by atoms with van der Waals surface area (Å²) < 4.78 is 11.3. The molecule has 0 aliphatic heterocycles. The molecule has 8 heteroatoms. The minimum atomic E-state index is -0.525. The summed E-state index contributed by atoms with van der Waals surface area (Å²) in [6, 6.07) is 0.0778. The maximum Gasteiger partial charge on any atom is 0.291 e. The van der Waals surface area contributed by atoms with Crippen LogP contribution in [-0.2, 0) is 0 Å². The van der Waals surface area contributed by atoms with Gasteiger partial charge in [0.05, 0.1) is 18.8 Å². The van der Waals surface area contributed by atoms with Gasteiger partial charge < -0.3 is 24.8 Å². The van der Waals surface area contributed by atoms with Gasteiger partial charge in [0.2, 0.25) is 5.76 Å². The molecule has 4 bridgehead atoms. The van der Waals surface area contributed by atoms with Crippen LogP contribution in [0.15, 0.2) is 9.42 Å². The van der Waals surface area contributed by atoms with Crippen LogP contribution in [0.25, 0.3) is 0 Å². The maximum absolute atomic E-state index is 13.2. The van der Waals surface area contributed by atoms with Crippen molar-refractivity contribution in [3.63, 3.8) is 0 Å². The van der Waals surface area contributed by atoms with Crippen LogP contribution in [0.4, 0.5) is 0 Å². The molecule has 1 aromatic rings. The first kappa shape index (κ1) is 22.0. The van der Waals surface area contributed by atoms with Crippen LogP contribution in [0, 0.1) is 23.2 Å². The minimum absolute atomic E-state index is 0.0113. The molecule has 4 fully saturated rings. The van der Waals surface area contributed by atoms with Crippen LogP contribution >= 0.6 is 11.8 Å². The Bertz CT molecular complexity index is 776. The first-order chi connectivity index (χ1) is 14.1. The molecule has 3 N–H and O–H groups in total. The van der Waals surface area contributed by atoms with Crippen molar-refractivity contribution in [2.45, 2.75) is 81.6 Å². The lowest BCUT2D eigenvalue weighted by atomic mass is 9.52. The fourth-order valence-electron chi connectivity index (χ4n) is 5.59. The van der Waals surface area contributed by atoms with Crippen molar-refractivity contribution in [3.8, 4) is 5.88 Å². The molecule has 0 spiro atoms. The maximum atomic E-state index is 13.2. The molecular formula is C22H34N2O5S. The third kappa shape index (κ3) is 4.36. The third-order valence-corrected chi connectivity index (χ3v) is 7.81. The normalized spacial score (nSPS) is 32.6. The smallest absolute Gasteiger partial charge is 0.291 e. The molecule has 5 rings (SSSR count). The Morgan fingerprint density at radius 2 is 2.00 bits per heavy atom. The Hall–Kier alpha value is -1.25. The van der Waals surface area contributed by atoms with E-state index in [1.807, 2.05) is 27.7 Å². The minimum Gasteiger partial charge on any atom is -0.474 e. The molecule has 0 aromatic carbocycles. The second-order valence-corrected chi connectivity index (χ2v) is 12.2. The lowest BCUT2D eigenvalue weighted by molar-refractivity contribution is -0.137. The number of aromatic nitrogens is 1. The second-order valence-electron chi connectivity index (χ2n) is 10.6. The molecule has 168 valence electrons. The monoisotopic (exact) mass is 438 g/mol. The SMILES string of the molecule is CC(C)Sc1c(OCC(C)(C)CO)noc1C(=O)NC1C2CC3CC1CC(O)(C3)C2. The molecular weight excluding hydrogens is 404 g/mol. The van der Waals surface area contributed by atoms with E-state index in [1.54, 1.807) is 0 Å². The van der Waals surface area contributed by atoms with Crippen LogP contribution in [0.1, 0.15) is 70.4 Å². The highest BCUT2D eigenvalue weighted by Crippen LogP contribution is 2.55. The Labute approximate surface area is 182 Å². The van der Waals surface area contributed by atoms with Gasteiger partial charge in [0, 0.05) is 16.7 Å². The zero-order chi connectivity index (χ0) is 21.7. The number of aliphatic hydroxyl groups excluding tert-OH is 1. The van der Waals surface area contributed by atoms with E-state index >= 15 is 0 Å². The standard InChI is InChI=1S/C22H34N2O5S/c1-12(2)30-18-17(29-24-20(18)28-11-21(3,4)10-25)19(26)23-16-14-5-13-6-15(16)9-22(27,7-13)8-14/h12-16,25,27H,5-11H2,1-4H3,(H,23,26). The lowest BCUT2D eigenvalue weighted by Crippen LogP contribution is -2.61. The predicted octanol–water partition coefficient (Wildman–Crippen LogP) is 3.24. The molecule has 1 aromatic heterocycles. The summed E-state index contributed by atoms with van der Waals surface area (Å²) in [5, 5.41) is 27.7. The molecule has 4 aliphatic carbocycles. The van der Waals surface area contributed by atoms with Gasteiger partial charge >= 0.3 is 0 Å². The van der Waals surface area contributed by atoms with Gasteiger partial charge in [0.25, 0.3) is 11.8 Å². The first-order valence-corrected chi connectivity index (χ1v) is 11.9. The van der Waals surface area contributed by atoms with Gasteiger partial charge in [-0.1, -0.05) is 27.7 Å². The Morgan fingerprint density at radius 1 is 1.33 bits per heavy atom. The zero-order valence-electron chi connectivity index (χ0n) is 18.3. The number of nitrogens with zero attached hydrogens (tertiary/aromatic N) is 1. The average Bonchev–Trinajstić information content (AvgIpc) is 3.03. The van der Waals surface area contributed by atoms with E-state index in [9.17, 15) is 15.0 Å². The molecule has 7 nitrogen and oxygen atoms in total. The van der Waals surface area contributed by atoms with E-state index in [1.165, 1.54) is 11.8 Å². The summed E-state index contributed by atoms with van der Waals surface area (Å²) in [5.74, 6) is 1.49. The topological polar surface area (TPSA) is 105 Å². The summed E-state index contributed by atoms with van der Waals surface area (Å²) >= 11 is 1.49. The van der Waals surface area contributed by atoms with Gasteiger partial charge in [-0.2, -0.15) is 0 Å². The van der Waals surface area contributed by atoms with Gasteiger partial charge in [-0.05, 0) is 55.0 Å². The molecule has 2 atom stereocenters. The number of amides is 1. The predicted molar refractivity (Wildman–Crippen MR) is 114 cm³/mol. The van der Waals surface area contributed by atoms with Gasteiger partial charge in [0.1, 0.15) is 4.90 Å². The van der Waals surface area contributed by atoms with Crippen molar-refractivity contribution in [1.29, 1.82) is 0 Å². The quantitative estimate of drug-likeness (QED) is 0.535. The van der Waals surface area contributed by atoms with Gasteiger partial charge in [-0.25, -0.2) is 0 Å². The first-order valence-electron chi connectivity index (χ1n) is 11.0. The van der Waals surface area contributed by atoms with E-state index in [0.717, 1.165) is 32.1 Å². The molecule has 30 heavy (non-hydrogen) atoms. The number of hydrogen-bond acceptors (Lipinski definition) is 7. The summed E-state index contributed by atoms with van der Waals surface area (Å²) in [5.41, 5.74) is -0.940. The van der Waals surface area contributed by atoms with Crippen molar-refractivity contribution in [2.75, 3.05) is 13.2 Å². The van der Waals surface area contributed by atoms with Crippen molar-refractivity contribution in [3.05, 3.63) is 5.76 Å². The highest BCUT2D eigenvalue weighted by Gasteiger charge is 2.55. The van der Waals surface area contributed by atoms with Crippen molar-refractivity contribution < 1.29 is 24.3 Å². The number of nitrogens with one attached hydrogen (secondary N) is 1. The highest BCUT2D eigenvalue weighted by atomic mass is 32.2. The van der Waals surface area contributed by atoms with E-state index in [-0.39, 0.29) is 36.2 Å². The Morgan fingerprint density at radius 3 is 2.57 bits per heavy atom. The Balaban J connectivity index is 1.49. The van der Waals surface area contributed by atoms with Crippen molar-refractivity contribution >= 4 is 17.7 Å². The van der Waals surface area contributed by atoms with Crippen LogP contribution in [0.3, 0.4) is 0 Å². The molecule has 0 radical (unpaired) electrons. The summed E-state index contributed by atoms with van der Waals surface area (Å²) in [6.07, 6.45) is 4.64. The largest absolute Gasteiger partial charge is 0.474 e. The molecule has 0 saturated heterocycles. The van der Waals surface area contributed by atoms with Gasteiger partial charge in [0.15, 0.2) is 0 Å². The van der Waals surface area contributed by atoms with Crippen LogP contribution in [-0.4, -0.2) is 51.4 Å². The van der Waals surface area contributed by atoms with Gasteiger partial charge in [-0.15, -0.1) is 11.8 Å². The van der Waals surface area contributed by atoms with E-state index in [4.69, 9.17) is 9.26 Å². The van der Waals surface area contributed by atoms with Gasteiger partial charge in [-0.3, -0.25) is 4.79 Å². The number of hydrogen-bond donors (Lipinski definition) is 3. The molecule has 1 amide bonds. The fourth-order valence-corrected chi connectivity index (χ4v) is 6.49. The number of aliphatic hydroxyl groups is 2. The molecule has 2 unspecified atom stereocenters. The molecule has 4 saturated carbocycles. The second kappa shape index (κ2) is 8.02. The summed E-state index contributed by atoms with van der Waals surface area (Å²) in [4.78, 5) is 13.8. The van der Waals surface area contributed by atoms with Crippen molar-refractivity contribution in [1.82, 2.24) is 10.5 Å². The number of carbonyl (C=O) groups excluding carboxylic acids is 1. The molecule has 1 heterocycles. The number of thioether (sulfide) groups is 1. The summed E-state index contributed by atoms with van der Waals surface area (Å²) in [6.45, 7) is 8.14. The number of ether oxygens (including phenoxy) is 1. The number of carbonyl (C=O) groups is 1. The highest BCUT2D eigenvalue weighted by molar-refractivity contribution is 8.00. The third-order valence-electron chi connectivity index (χ3n) is 6.75. The van der Waals surface area contributed by atoms with E-state index in [2.05, 4.69) is 10.5 Å². The average molecular weight is 439 g/mol. The molecule has 4 aliphatic rings. The van der Waals surface area contributed by atoms with Crippen LogP contribution in [0.5, 0.6) is 5.88 Å².